The molecule has 1 aliphatic rings. The normalized spacial score (nSPS) is 16.6. The van der Waals surface area contributed by atoms with Gasteiger partial charge in [-0.25, -0.2) is 8.42 Å². The van der Waals surface area contributed by atoms with Crippen LogP contribution >= 0.6 is 0 Å². The summed E-state index contributed by atoms with van der Waals surface area (Å²) in [5, 5.41) is 2.93. The van der Waals surface area contributed by atoms with Crippen molar-refractivity contribution in [2.45, 2.75) is 24.7 Å². The van der Waals surface area contributed by atoms with E-state index in [1.807, 2.05) is 49.4 Å². The number of hydrogen-bond acceptors (Lipinski definition) is 5. The molecule has 3 aromatic rings. The number of aryl methyl sites for hydroxylation is 1. The summed E-state index contributed by atoms with van der Waals surface area (Å²) in [5.41, 5.74) is 1.36. The number of para-hydroxylation sites is 3. The smallest absolute Gasteiger partial charge is 0.246 e. The van der Waals surface area contributed by atoms with Crippen LogP contribution in [0.2, 0.25) is 0 Å². The largest absolute Gasteiger partial charge is 0.495 e. The minimum Gasteiger partial charge on any atom is -0.495 e. The monoisotopic (exact) mass is 480 g/mol. The predicted molar refractivity (Wildman–Crippen MR) is 131 cm³/mol. The maximum Gasteiger partial charge on any atom is 0.246 e. The molecule has 0 spiro atoms. The summed E-state index contributed by atoms with van der Waals surface area (Å²) in [6.07, 6.45) is 1.19. The lowest BCUT2D eigenvalue weighted by atomic mass is 9.98. The summed E-state index contributed by atoms with van der Waals surface area (Å²) in [5.74, 6) is 0.756. The van der Waals surface area contributed by atoms with E-state index in [4.69, 9.17) is 9.47 Å². The lowest BCUT2D eigenvalue weighted by Gasteiger charge is -2.31. The molecule has 1 aliphatic heterocycles. The first-order valence-corrected chi connectivity index (χ1v) is 12.6. The summed E-state index contributed by atoms with van der Waals surface area (Å²) < 4.78 is 39.4. The number of nitrogens with one attached hydrogen (secondary N) is 1. The van der Waals surface area contributed by atoms with Crippen molar-refractivity contribution in [2.24, 2.45) is 5.92 Å². The fourth-order valence-electron chi connectivity index (χ4n) is 4.01. The van der Waals surface area contributed by atoms with Crippen LogP contribution in [0, 0.1) is 12.8 Å². The van der Waals surface area contributed by atoms with Crippen LogP contribution in [-0.2, 0) is 14.8 Å². The number of carbonyl (C=O) groups is 1. The highest BCUT2D eigenvalue weighted by Gasteiger charge is 2.35. The van der Waals surface area contributed by atoms with E-state index in [0.717, 1.165) is 5.56 Å². The topological polar surface area (TPSA) is 84.9 Å². The number of nitrogens with zero attached hydrogens (tertiary/aromatic N) is 1. The van der Waals surface area contributed by atoms with Crippen LogP contribution < -0.4 is 14.8 Å². The number of sulfonamides is 1. The Balaban J connectivity index is 1.50. The highest BCUT2D eigenvalue weighted by molar-refractivity contribution is 7.89. The van der Waals surface area contributed by atoms with Crippen LogP contribution in [0.4, 0.5) is 5.69 Å². The Labute approximate surface area is 200 Å². The minimum atomic E-state index is -3.81. The second-order valence-corrected chi connectivity index (χ2v) is 10.2. The van der Waals surface area contributed by atoms with Gasteiger partial charge in [-0.3, -0.25) is 4.79 Å². The number of hydrogen-bond donors (Lipinski definition) is 1. The summed E-state index contributed by atoms with van der Waals surface area (Å²) in [7, 11) is -2.36. The molecule has 1 atom stereocenters. The molecule has 178 valence electrons. The standard InChI is InChI=1S/C26H28N2O5S/c1-19-14-15-24(32-2)25(17-19)34(30,31)28-16-8-9-20(18-28)26(29)27-22-12-6-7-13-23(22)33-21-10-4-3-5-11-21/h3-7,10-15,17,20H,8-9,16,18H2,1-2H3,(H,27,29)/t20-/m0/s1. The van der Waals surface area contributed by atoms with Gasteiger partial charge in [0.1, 0.15) is 16.4 Å². The molecule has 8 heteroatoms. The molecule has 0 radical (unpaired) electrons. The Hall–Kier alpha value is -3.36. The van der Waals surface area contributed by atoms with Crippen LogP contribution in [0.1, 0.15) is 18.4 Å². The third-order valence-electron chi connectivity index (χ3n) is 5.81. The minimum absolute atomic E-state index is 0.104. The van der Waals surface area contributed by atoms with E-state index in [1.165, 1.54) is 11.4 Å². The van der Waals surface area contributed by atoms with E-state index in [9.17, 15) is 13.2 Å². The Morgan fingerprint density at radius 3 is 2.50 bits per heavy atom. The molecule has 3 aromatic carbocycles. The van der Waals surface area contributed by atoms with E-state index in [2.05, 4.69) is 5.32 Å². The van der Waals surface area contributed by atoms with Gasteiger partial charge in [-0.05, 0) is 61.7 Å². The quantitative estimate of drug-likeness (QED) is 0.523. The van der Waals surface area contributed by atoms with Gasteiger partial charge < -0.3 is 14.8 Å². The van der Waals surface area contributed by atoms with E-state index in [1.54, 1.807) is 30.3 Å². The van der Waals surface area contributed by atoms with Crippen LogP contribution in [0.15, 0.2) is 77.7 Å². The van der Waals surface area contributed by atoms with E-state index in [0.29, 0.717) is 42.3 Å². The third kappa shape index (κ3) is 5.24. The summed E-state index contributed by atoms with van der Waals surface area (Å²) in [6, 6.07) is 21.6. The molecule has 1 fully saturated rings. The molecule has 4 rings (SSSR count). The molecule has 1 amide bonds. The van der Waals surface area contributed by atoms with Gasteiger partial charge in [0.2, 0.25) is 15.9 Å². The molecule has 1 heterocycles. The van der Waals surface area contributed by atoms with Gasteiger partial charge in [-0.1, -0.05) is 36.4 Å². The van der Waals surface area contributed by atoms with E-state index in [-0.39, 0.29) is 17.3 Å². The number of carbonyl (C=O) groups excluding carboxylic acids is 1. The Kier molecular flexibility index (Phi) is 7.19. The van der Waals surface area contributed by atoms with Crippen molar-refractivity contribution in [3.05, 3.63) is 78.4 Å². The van der Waals surface area contributed by atoms with Crippen molar-refractivity contribution >= 4 is 21.6 Å². The summed E-state index contributed by atoms with van der Waals surface area (Å²) in [6.45, 7) is 2.30. The number of methoxy groups -OCH3 is 1. The molecule has 0 saturated carbocycles. The van der Waals surface area contributed by atoms with Gasteiger partial charge in [0.25, 0.3) is 0 Å². The zero-order valence-electron chi connectivity index (χ0n) is 19.2. The van der Waals surface area contributed by atoms with Crippen LogP contribution in [0.3, 0.4) is 0 Å². The first-order chi connectivity index (χ1) is 16.4. The molecule has 0 aromatic heterocycles. The zero-order valence-corrected chi connectivity index (χ0v) is 20.0. The molecule has 0 bridgehead atoms. The number of benzene rings is 3. The van der Waals surface area contributed by atoms with Crippen molar-refractivity contribution in [3.8, 4) is 17.2 Å². The average Bonchev–Trinajstić information content (AvgIpc) is 2.86. The Morgan fingerprint density at radius 2 is 1.74 bits per heavy atom. The zero-order chi connectivity index (χ0) is 24.1. The van der Waals surface area contributed by atoms with Gasteiger partial charge in [0, 0.05) is 13.1 Å². The number of rotatable bonds is 7. The number of amides is 1. The van der Waals surface area contributed by atoms with Gasteiger partial charge >= 0.3 is 0 Å². The highest BCUT2D eigenvalue weighted by Crippen LogP contribution is 2.33. The van der Waals surface area contributed by atoms with Crippen molar-refractivity contribution < 1.29 is 22.7 Å². The molecule has 1 saturated heterocycles. The number of ether oxygens (including phenoxy) is 2. The summed E-state index contributed by atoms with van der Waals surface area (Å²) in [4.78, 5) is 13.3. The average molecular weight is 481 g/mol. The van der Waals surface area contributed by atoms with Crippen LogP contribution in [0.25, 0.3) is 0 Å². The van der Waals surface area contributed by atoms with Crippen molar-refractivity contribution in [3.63, 3.8) is 0 Å². The van der Waals surface area contributed by atoms with Gasteiger partial charge in [-0.2, -0.15) is 4.31 Å². The highest BCUT2D eigenvalue weighted by atomic mass is 32.2. The van der Waals surface area contributed by atoms with Gasteiger partial charge in [0.05, 0.1) is 18.7 Å². The fourth-order valence-corrected chi connectivity index (χ4v) is 5.77. The molecule has 34 heavy (non-hydrogen) atoms. The molecule has 7 nitrogen and oxygen atoms in total. The third-order valence-corrected chi connectivity index (χ3v) is 7.69. The molecule has 1 N–H and O–H groups in total. The van der Waals surface area contributed by atoms with Crippen molar-refractivity contribution in [1.29, 1.82) is 0 Å². The fraction of sp³-hybridized carbons (Fsp3) is 0.269. The maximum absolute atomic E-state index is 13.4. The summed E-state index contributed by atoms with van der Waals surface area (Å²) >= 11 is 0. The lowest BCUT2D eigenvalue weighted by Crippen LogP contribution is -2.43. The Morgan fingerprint density at radius 1 is 1.00 bits per heavy atom. The predicted octanol–water partition coefficient (Wildman–Crippen LogP) is 4.84. The number of piperidine rings is 1. The first-order valence-electron chi connectivity index (χ1n) is 11.2. The van der Waals surface area contributed by atoms with E-state index < -0.39 is 15.9 Å². The molecule has 0 aliphatic carbocycles. The second kappa shape index (κ2) is 10.3. The second-order valence-electron chi connectivity index (χ2n) is 8.26. The van der Waals surface area contributed by atoms with E-state index >= 15 is 0 Å². The SMILES string of the molecule is COc1ccc(C)cc1S(=O)(=O)N1CCC[C@H](C(=O)Nc2ccccc2Oc2ccccc2)C1. The first kappa shape index (κ1) is 23.8. The van der Waals surface area contributed by atoms with Gasteiger partial charge in [0.15, 0.2) is 5.75 Å². The van der Waals surface area contributed by atoms with Crippen molar-refractivity contribution in [2.75, 3.05) is 25.5 Å². The molecular weight excluding hydrogens is 452 g/mol. The maximum atomic E-state index is 13.4. The van der Waals surface area contributed by atoms with Crippen LogP contribution in [-0.4, -0.2) is 38.8 Å². The van der Waals surface area contributed by atoms with Crippen LogP contribution in [0.5, 0.6) is 17.2 Å². The molecular formula is C26H28N2O5S. The van der Waals surface area contributed by atoms with Crippen molar-refractivity contribution in [1.82, 2.24) is 4.31 Å². The van der Waals surface area contributed by atoms with Gasteiger partial charge in [-0.15, -0.1) is 0 Å². The lowest BCUT2D eigenvalue weighted by molar-refractivity contribution is -0.120. The molecule has 0 unspecified atom stereocenters. The number of anilines is 1. The Bertz CT molecular complexity index is 1260.